The van der Waals surface area contributed by atoms with Crippen molar-refractivity contribution in [2.75, 3.05) is 18.0 Å². The van der Waals surface area contributed by atoms with E-state index >= 15 is 0 Å². The lowest BCUT2D eigenvalue weighted by atomic mass is 9.99. The van der Waals surface area contributed by atoms with Crippen molar-refractivity contribution in [1.82, 2.24) is 15.8 Å². The monoisotopic (exact) mass is 605 g/mol. The van der Waals surface area contributed by atoms with E-state index in [0.717, 1.165) is 37.4 Å². The zero-order valence-corrected chi connectivity index (χ0v) is 25.3. The Morgan fingerprint density at radius 3 is 2.19 bits per heavy atom. The number of benzene rings is 1. The number of nitrogens with zero attached hydrogens (tertiary/aromatic N) is 4. The second-order valence-corrected chi connectivity index (χ2v) is 11.6. The minimum absolute atomic E-state index is 0.0117. The maximum atomic E-state index is 12.5. The summed E-state index contributed by atoms with van der Waals surface area (Å²) < 4.78 is 0. The number of hydrogen-bond donors (Lipinski definition) is 4. The van der Waals surface area contributed by atoms with Crippen LogP contribution < -0.4 is 21.4 Å². The van der Waals surface area contributed by atoms with Gasteiger partial charge >= 0.3 is 0 Å². The Labute approximate surface area is 256 Å². The van der Waals surface area contributed by atoms with Gasteiger partial charge in [-0.1, -0.05) is 68.3 Å². The first-order valence-corrected chi connectivity index (χ1v) is 15.6. The van der Waals surface area contributed by atoms with Crippen LogP contribution in [0.2, 0.25) is 0 Å². The van der Waals surface area contributed by atoms with Crippen molar-refractivity contribution in [1.29, 1.82) is 10.5 Å². The number of carbonyl (C=O) groups excluding carboxylic acids is 3. The minimum Gasteiger partial charge on any atom is -0.368 e. The van der Waals surface area contributed by atoms with Gasteiger partial charge in [-0.05, 0) is 43.2 Å². The molecule has 2 heterocycles. The summed E-state index contributed by atoms with van der Waals surface area (Å²) in [7, 11) is 0. The Hall–Kier alpha value is -4.13. The second kappa shape index (κ2) is 17.1. The topological polar surface area (TPSA) is 185 Å². The van der Waals surface area contributed by atoms with E-state index in [1.165, 1.54) is 0 Å². The molecule has 3 amide bonds. The average Bonchev–Trinajstić information content (AvgIpc) is 3.02. The molecule has 1 atom stereocenters. The molecule has 0 bridgehead atoms. The van der Waals surface area contributed by atoms with Gasteiger partial charge in [0.15, 0.2) is 0 Å². The highest BCUT2D eigenvalue weighted by atomic mass is 32.2. The predicted molar refractivity (Wildman–Crippen MR) is 163 cm³/mol. The summed E-state index contributed by atoms with van der Waals surface area (Å²) in [5.41, 5.74) is 9.33. The Kier molecular flexibility index (Phi) is 13.3. The van der Waals surface area contributed by atoms with Crippen LogP contribution in [0.5, 0.6) is 0 Å². The number of aromatic nitrogens is 1. The molecule has 0 aliphatic carbocycles. The summed E-state index contributed by atoms with van der Waals surface area (Å²) in [6.45, 7) is 3.03. The van der Waals surface area contributed by atoms with Gasteiger partial charge in [0.25, 0.3) is 0 Å². The van der Waals surface area contributed by atoms with Crippen LogP contribution in [0, 0.1) is 22.7 Å². The van der Waals surface area contributed by atoms with Gasteiger partial charge in [0, 0.05) is 32.0 Å². The van der Waals surface area contributed by atoms with Gasteiger partial charge in [-0.25, -0.2) is 10.5 Å². The zero-order chi connectivity index (χ0) is 31.2. The number of rotatable bonds is 15. The van der Waals surface area contributed by atoms with Crippen LogP contribution in [0.15, 0.2) is 35.4 Å². The Morgan fingerprint density at radius 1 is 1.02 bits per heavy atom. The minimum atomic E-state index is -0.750. The number of hydrogen-bond acceptors (Lipinski definition) is 9. The molecule has 1 fully saturated rings. The maximum Gasteiger partial charge on any atom is 0.243 e. The van der Waals surface area contributed by atoms with E-state index in [0.29, 0.717) is 79.1 Å². The number of thioether (sulfide) groups is 1. The number of unbranched alkanes of at least 4 members (excludes halogenated alkanes) is 4. The van der Waals surface area contributed by atoms with E-state index in [2.05, 4.69) is 17.5 Å². The molecule has 1 aliphatic heterocycles. The average molecular weight is 606 g/mol. The number of amides is 3. The largest absolute Gasteiger partial charge is 0.368 e. The summed E-state index contributed by atoms with van der Waals surface area (Å²) >= 11 is 1.12. The summed E-state index contributed by atoms with van der Waals surface area (Å²) in [5, 5.41) is 31.4. The quantitative estimate of drug-likeness (QED) is 0.101. The van der Waals surface area contributed by atoms with Gasteiger partial charge in [0.2, 0.25) is 17.7 Å². The lowest BCUT2D eigenvalue weighted by Crippen LogP contribution is -2.45. The van der Waals surface area contributed by atoms with Crippen LogP contribution in [0.1, 0.15) is 92.2 Å². The Morgan fingerprint density at radius 2 is 1.63 bits per heavy atom. The zero-order valence-electron chi connectivity index (χ0n) is 24.5. The number of pyridine rings is 1. The highest BCUT2D eigenvalue weighted by Gasteiger charge is 2.29. The molecule has 1 aromatic heterocycles. The van der Waals surface area contributed by atoms with Gasteiger partial charge in [-0.2, -0.15) is 10.5 Å². The SMILES string of the molecule is CCc1c(C#N)c(SC(C(N)=O)c2ccccc2)nc(N2CCC(NC(=O)CCCCCCCC(=O)NO)CC2)c1C#N. The number of hydroxylamine groups is 1. The summed E-state index contributed by atoms with van der Waals surface area (Å²) in [5.74, 6) is -0.431. The lowest BCUT2D eigenvalue weighted by Gasteiger charge is -2.34. The van der Waals surface area contributed by atoms with E-state index in [-0.39, 0.29) is 23.4 Å². The van der Waals surface area contributed by atoms with Crippen molar-refractivity contribution in [3.8, 4) is 12.1 Å². The van der Waals surface area contributed by atoms with Crippen LogP contribution in [0.4, 0.5) is 5.82 Å². The van der Waals surface area contributed by atoms with Gasteiger partial charge in [-0.15, -0.1) is 0 Å². The third-order valence-corrected chi connectivity index (χ3v) is 8.77. The third-order valence-electron chi connectivity index (χ3n) is 7.51. The number of primary amides is 1. The molecule has 228 valence electrons. The lowest BCUT2D eigenvalue weighted by molar-refractivity contribution is -0.129. The number of nitrogens with two attached hydrogens (primary N) is 1. The summed E-state index contributed by atoms with van der Waals surface area (Å²) in [6.07, 6.45) is 6.73. The summed E-state index contributed by atoms with van der Waals surface area (Å²) in [4.78, 5) is 42.8. The maximum absolute atomic E-state index is 12.5. The first kappa shape index (κ1) is 33.4. The molecule has 43 heavy (non-hydrogen) atoms. The fourth-order valence-electron chi connectivity index (χ4n) is 5.22. The van der Waals surface area contributed by atoms with Crippen molar-refractivity contribution in [3.05, 3.63) is 52.6 Å². The molecule has 1 aliphatic rings. The van der Waals surface area contributed by atoms with Crippen LogP contribution in [-0.4, -0.2) is 47.0 Å². The van der Waals surface area contributed by atoms with Gasteiger partial charge in [0.1, 0.15) is 28.2 Å². The van der Waals surface area contributed by atoms with Crippen molar-refractivity contribution < 1.29 is 19.6 Å². The fourth-order valence-corrected chi connectivity index (χ4v) is 6.28. The molecule has 12 heteroatoms. The van der Waals surface area contributed by atoms with E-state index in [1.807, 2.05) is 30.0 Å². The smallest absolute Gasteiger partial charge is 0.243 e. The highest BCUT2D eigenvalue weighted by molar-refractivity contribution is 8.00. The van der Waals surface area contributed by atoms with Crippen LogP contribution >= 0.6 is 11.8 Å². The van der Waals surface area contributed by atoms with E-state index in [1.54, 1.807) is 17.6 Å². The van der Waals surface area contributed by atoms with Crippen molar-refractivity contribution >= 4 is 35.3 Å². The molecule has 3 rings (SSSR count). The first-order chi connectivity index (χ1) is 20.8. The standard InChI is InChI=1S/C31H39N7O4S/c1-2-23-24(19-32)30(36-31(25(23)20-33)43-28(29(34)41)21-11-7-6-8-12-21)38-17-15-22(16-18-38)35-26(39)13-9-4-3-5-10-14-27(40)37-42/h6-8,11-12,22,28,42H,2-5,9-10,13-18H2,1H3,(H2,34,41)(H,35,39)(H,37,40). The van der Waals surface area contributed by atoms with Gasteiger partial charge < -0.3 is 16.0 Å². The highest BCUT2D eigenvalue weighted by Crippen LogP contribution is 2.39. The van der Waals surface area contributed by atoms with E-state index in [4.69, 9.17) is 15.9 Å². The molecule has 1 unspecified atom stereocenters. The molecular weight excluding hydrogens is 566 g/mol. The van der Waals surface area contributed by atoms with Gasteiger partial charge in [0.05, 0.1) is 11.1 Å². The normalized spacial score (nSPS) is 13.9. The fraction of sp³-hybridized carbons (Fsp3) is 0.484. The van der Waals surface area contributed by atoms with Crippen molar-refractivity contribution in [3.63, 3.8) is 0 Å². The molecule has 0 spiro atoms. The number of piperidine rings is 1. The van der Waals surface area contributed by atoms with Crippen molar-refractivity contribution in [2.45, 2.75) is 87.4 Å². The molecule has 11 nitrogen and oxygen atoms in total. The van der Waals surface area contributed by atoms with Gasteiger partial charge in [-0.3, -0.25) is 19.6 Å². The molecule has 1 saturated heterocycles. The molecule has 2 aromatic rings. The predicted octanol–water partition coefficient (Wildman–Crippen LogP) is 4.03. The number of nitrogens with one attached hydrogen (secondary N) is 2. The molecule has 5 N–H and O–H groups in total. The van der Waals surface area contributed by atoms with Crippen LogP contribution in [0.3, 0.4) is 0 Å². The summed E-state index contributed by atoms with van der Waals surface area (Å²) in [6, 6.07) is 13.6. The second-order valence-electron chi connectivity index (χ2n) is 10.5. The molecular formula is C31H39N7O4S. The first-order valence-electron chi connectivity index (χ1n) is 14.7. The Balaban J connectivity index is 1.64. The Bertz CT molecular complexity index is 1350. The van der Waals surface area contributed by atoms with E-state index in [9.17, 15) is 24.9 Å². The molecule has 0 saturated carbocycles. The van der Waals surface area contributed by atoms with Crippen LogP contribution in [0.25, 0.3) is 0 Å². The van der Waals surface area contributed by atoms with Crippen molar-refractivity contribution in [2.24, 2.45) is 5.73 Å². The number of anilines is 1. The third kappa shape index (κ3) is 9.43. The molecule has 1 aromatic carbocycles. The van der Waals surface area contributed by atoms with E-state index < -0.39 is 11.2 Å². The van der Waals surface area contributed by atoms with Crippen LogP contribution in [-0.2, 0) is 20.8 Å². The number of nitriles is 2. The molecule has 0 radical (unpaired) electrons. The number of carbonyl (C=O) groups is 3.